The zero-order valence-electron chi connectivity index (χ0n) is 22.3. The third kappa shape index (κ3) is 6.90. The summed E-state index contributed by atoms with van der Waals surface area (Å²) in [4.78, 5) is 25.7. The molecule has 0 saturated carbocycles. The van der Waals surface area contributed by atoms with E-state index < -0.39 is 20.0 Å². The average Bonchev–Trinajstić information content (AvgIpc) is 2.90. The molecule has 1 aromatic rings. The number of rotatable bonds is 7. The molecular formula is C26H45N2O4Si+. The predicted molar refractivity (Wildman–Crippen MR) is 135 cm³/mol. The second-order valence-corrected chi connectivity index (χ2v) is 17.1. The summed E-state index contributed by atoms with van der Waals surface area (Å²) in [6, 6.07) is 9.74. The molecule has 1 heterocycles. The van der Waals surface area contributed by atoms with E-state index in [1.165, 1.54) is 0 Å². The molecule has 4 atom stereocenters. The van der Waals surface area contributed by atoms with Crippen molar-refractivity contribution in [3.8, 4) is 0 Å². The predicted octanol–water partition coefficient (Wildman–Crippen LogP) is 4.85. The number of likely N-dealkylation sites (N-methyl/N-ethyl adjacent to an activating group) is 1. The summed E-state index contributed by atoms with van der Waals surface area (Å²) in [6.45, 7) is 19.5. The topological polar surface area (TPSA) is 64.6 Å². The van der Waals surface area contributed by atoms with Crippen LogP contribution in [0.2, 0.25) is 18.1 Å². The third-order valence-electron chi connectivity index (χ3n) is 7.18. The first-order chi connectivity index (χ1) is 15.0. The van der Waals surface area contributed by atoms with Gasteiger partial charge in [-0.3, -0.25) is 9.28 Å². The van der Waals surface area contributed by atoms with Gasteiger partial charge >= 0.3 is 5.97 Å². The molecule has 2 rings (SSSR count). The Labute approximate surface area is 201 Å². The molecule has 2 unspecified atom stereocenters. The van der Waals surface area contributed by atoms with Crippen LogP contribution >= 0.6 is 0 Å². The van der Waals surface area contributed by atoms with Crippen molar-refractivity contribution >= 4 is 20.2 Å². The Bertz CT molecular complexity index is 829. The Kier molecular flexibility index (Phi) is 8.25. The molecule has 1 aromatic carbocycles. The summed E-state index contributed by atoms with van der Waals surface area (Å²) >= 11 is 0. The molecule has 0 aromatic heterocycles. The fraction of sp³-hybridized carbons (Fsp3) is 0.692. The van der Waals surface area contributed by atoms with Crippen LogP contribution in [0.4, 0.5) is 0 Å². The number of nitrogens with zero attached hydrogens (tertiary/aromatic N) is 1. The number of esters is 1. The number of hydrogen-bond donors (Lipinski definition) is 1. The van der Waals surface area contributed by atoms with Crippen molar-refractivity contribution in [1.29, 1.82) is 0 Å². The molecule has 186 valence electrons. The monoisotopic (exact) mass is 477 g/mol. The SMILES string of the molecule is CC(=O)N[C@H]1[C@H](CO[Si](C)(C)C(C)(C)C)CC(C(=O)OC(C)(C)C)[N+]1(C)Cc1ccccc1. The molecule has 1 N–H and O–H groups in total. The van der Waals surface area contributed by atoms with Crippen LogP contribution in [-0.4, -0.2) is 56.1 Å². The highest BCUT2D eigenvalue weighted by atomic mass is 28.4. The molecule has 1 fully saturated rings. The first kappa shape index (κ1) is 27.5. The fourth-order valence-electron chi connectivity index (χ4n) is 4.39. The minimum atomic E-state index is -1.99. The number of nitrogens with one attached hydrogen (secondary N) is 1. The third-order valence-corrected chi connectivity index (χ3v) is 11.7. The van der Waals surface area contributed by atoms with Gasteiger partial charge in [0.05, 0.1) is 13.0 Å². The maximum atomic E-state index is 13.4. The molecule has 0 aliphatic carbocycles. The van der Waals surface area contributed by atoms with Crippen LogP contribution in [0.25, 0.3) is 0 Å². The van der Waals surface area contributed by atoms with Gasteiger partial charge in [0, 0.05) is 25.5 Å². The number of benzene rings is 1. The van der Waals surface area contributed by atoms with Crippen molar-refractivity contribution in [1.82, 2.24) is 5.32 Å². The average molecular weight is 478 g/mol. The van der Waals surface area contributed by atoms with Crippen molar-refractivity contribution in [3.05, 3.63) is 35.9 Å². The number of likely N-dealkylation sites (tertiary alicyclic amines) is 1. The van der Waals surface area contributed by atoms with Gasteiger partial charge in [0.2, 0.25) is 5.91 Å². The number of quaternary nitrogens is 1. The largest absolute Gasteiger partial charge is 0.456 e. The zero-order chi connectivity index (χ0) is 25.2. The van der Waals surface area contributed by atoms with Gasteiger partial charge in [-0.05, 0) is 38.9 Å². The van der Waals surface area contributed by atoms with E-state index in [0.717, 1.165) is 5.56 Å². The van der Waals surface area contributed by atoms with Crippen LogP contribution in [0.5, 0.6) is 0 Å². The lowest BCUT2D eigenvalue weighted by molar-refractivity contribution is -0.952. The summed E-state index contributed by atoms with van der Waals surface area (Å²) in [5.41, 5.74) is 0.545. The van der Waals surface area contributed by atoms with Gasteiger partial charge < -0.3 is 14.5 Å². The van der Waals surface area contributed by atoms with Crippen LogP contribution < -0.4 is 5.32 Å². The number of ether oxygens (including phenoxy) is 1. The summed E-state index contributed by atoms with van der Waals surface area (Å²) < 4.78 is 12.8. The van der Waals surface area contributed by atoms with Gasteiger partial charge in [-0.1, -0.05) is 51.1 Å². The van der Waals surface area contributed by atoms with Crippen molar-refractivity contribution in [2.75, 3.05) is 13.7 Å². The molecule has 7 heteroatoms. The molecule has 0 radical (unpaired) electrons. The zero-order valence-corrected chi connectivity index (χ0v) is 23.3. The Morgan fingerprint density at radius 1 is 1.09 bits per heavy atom. The molecule has 1 saturated heterocycles. The normalized spacial score (nSPS) is 26.2. The first-order valence-corrected chi connectivity index (χ1v) is 14.9. The number of amides is 1. The molecule has 1 aliphatic rings. The van der Waals surface area contributed by atoms with E-state index in [1.807, 2.05) is 39.0 Å². The molecule has 6 nitrogen and oxygen atoms in total. The van der Waals surface area contributed by atoms with E-state index in [2.05, 4.69) is 58.4 Å². The van der Waals surface area contributed by atoms with Crippen LogP contribution in [0.1, 0.15) is 60.5 Å². The Morgan fingerprint density at radius 2 is 1.67 bits per heavy atom. The Morgan fingerprint density at radius 3 is 2.15 bits per heavy atom. The lowest BCUT2D eigenvalue weighted by Crippen LogP contribution is -2.63. The molecule has 33 heavy (non-hydrogen) atoms. The highest BCUT2D eigenvalue weighted by Gasteiger charge is 2.57. The van der Waals surface area contributed by atoms with Crippen LogP contribution in [0.3, 0.4) is 0 Å². The van der Waals surface area contributed by atoms with Crippen molar-refractivity contribution in [3.63, 3.8) is 0 Å². The van der Waals surface area contributed by atoms with E-state index in [0.29, 0.717) is 24.1 Å². The minimum Gasteiger partial charge on any atom is -0.456 e. The second kappa shape index (κ2) is 9.88. The Hall–Kier alpha value is -1.70. The molecule has 0 bridgehead atoms. The van der Waals surface area contributed by atoms with E-state index in [9.17, 15) is 9.59 Å². The maximum Gasteiger partial charge on any atom is 0.365 e. The van der Waals surface area contributed by atoms with Gasteiger partial charge in [0.15, 0.2) is 20.5 Å². The summed E-state index contributed by atoms with van der Waals surface area (Å²) in [7, 11) is 0.0783. The van der Waals surface area contributed by atoms with Gasteiger partial charge in [-0.15, -0.1) is 0 Å². The van der Waals surface area contributed by atoms with Crippen LogP contribution in [-0.2, 0) is 25.3 Å². The summed E-state index contributed by atoms with van der Waals surface area (Å²) in [5.74, 6) is -0.306. The van der Waals surface area contributed by atoms with Gasteiger partial charge in [0.1, 0.15) is 12.1 Å². The van der Waals surface area contributed by atoms with Gasteiger partial charge in [0.25, 0.3) is 0 Å². The van der Waals surface area contributed by atoms with Crippen molar-refractivity contribution in [2.45, 2.75) is 97.4 Å². The summed E-state index contributed by atoms with van der Waals surface area (Å²) in [5, 5.41) is 3.27. The highest BCUT2D eigenvalue weighted by molar-refractivity contribution is 6.74. The number of carbonyl (C=O) groups is 2. The van der Waals surface area contributed by atoms with E-state index in [-0.39, 0.29) is 29.0 Å². The van der Waals surface area contributed by atoms with Gasteiger partial charge in [-0.2, -0.15) is 0 Å². The fourth-order valence-corrected chi connectivity index (χ4v) is 5.45. The van der Waals surface area contributed by atoms with E-state index in [1.54, 1.807) is 6.92 Å². The molecular weight excluding hydrogens is 432 g/mol. The van der Waals surface area contributed by atoms with E-state index >= 15 is 0 Å². The van der Waals surface area contributed by atoms with Gasteiger partial charge in [-0.25, -0.2) is 4.79 Å². The minimum absolute atomic E-state index is 0.00857. The smallest absolute Gasteiger partial charge is 0.365 e. The number of hydrogen-bond acceptors (Lipinski definition) is 4. The summed E-state index contributed by atoms with van der Waals surface area (Å²) in [6.07, 6.45) is 0.364. The van der Waals surface area contributed by atoms with Crippen LogP contribution in [0, 0.1) is 5.92 Å². The number of carbonyl (C=O) groups excluding carboxylic acids is 2. The lowest BCUT2D eigenvalue weighted by Gasteiger charge is -2.42. The van der Waals surface area contributed by atoms with Crippen molar-refractivity contribution in [2.24, 2.45) is 5.92 Å². The van der Waals surface area contributed by atoms with Crippen molar-refractivity contribution < 1.29 is 23.2 Å². The standard InChI is InChI=1S/C26H44N2O4Si/c1-19(29)27-23-21(18-31-33(9,10)26(5,6)7)16-22(24(30)32-25(2,3)4)28(23,8)17-20-14-12-11-13-15-20/h11-15,21-23H,16-18H2,1-10H3/p+1/t21-,22?,23+,28?/m0/s1. The van der Waals surface area contributed by atoms with E-state index in [4.69, 9.17) is 9.16 Å². The maximum absolute atomic E-state index is 13.4. The molecule has 1 aliphatic heterocycles. The highest BCUT2D eigenvalue weighted by Crippen LogP contribution is 2.41. The Balaban J connectivity index is 2.44. The second-order valence-electron chi connectivity index (χ2n) is 12.3. The van der Waals surface area contributed by atoms with Crippen LogP contribution in [0.15, 0.2) is 30.3 Å². The lowest BCUT2D eigenvalue weighted by atomic mass is 10.0. The first-order valence-electron chi connectivity index (χ1n) is 12.0. The molecule has 1 amide bonds. The quantitative estimate of drug-likeness (QED) is 0.346. The molecule has 0 spiro atoms.